The molecule has 198 valence electrons. The Morgan fingerprint density at radius 1 is 1.13 bits per heavy atom. The zero-order valence-electron chi connectivity index (χ0n) is 21.8. The van der Waals surface area contributed by atoms with E-state index in [1.54, 1.807) is 18.7 Å². The van der Waals surface area contributed by atoms with Gasteiger partial charge in [-0.25, -0.2) is 9.50 Å². The molecule has 0 spiro atoms. The summed E-state index contributed by atoms with van der Waals surface area (Å²) in [5.74, 6) is 0.524. The molecule has 39 heavy (non-hydrogen) atoms. The van der Waals surface area contributed by atoms with Crippen molar-refractivity contribution in [3.05, 3.63) is 65.9 Å². The van der Waals surface area contributed by atoms with Crippen LogP contribution in [-0.4, -0.2) is 70.8 Å². The van der Waals surface area contributed by atoms with E-state index in [9.17, 15) is 4.79 Å². The van der Waals surface area contributed by atoms with Crippen LogP contribution in [0.4, 0.5) is 17.2 Å². The van der Waals surface area contributed by atoms with Crippen molar-refractivity contribution in [2.45, 2.75) is 13.1 Å². The monoisotopic (exact) mass is 524 g/mol. The molecule has 7 rings (SSSR count). The summed E-state index contributed by atoms with van der Waals surface area (Å²) in [4.78, 5) is 27.2. The molecular formula is C28H28N8O3. The zero-order valence-corrected chi connectivity index (χ0v) is 21.8. The van der Waals surface area contributed by atoms with E-state index >= 15 is 0 Å². The van der Waals surface area contributed by atoms with Crippen molar-refractivity contribution in [3.63, 3.8) is 0 Å². The van der Waals surface area contributed by atoms with E-state index in [1.807, 2.05) is 43.0 Å². The summed E-state index contributed by atoms with van der Waals surface area (Å²) in [6.07, 6.45) is 7.03. The van der Waals surface area contributed by atoms with Crippen molar-refractivity contribution in [2.75, 3.05) is 50.6 Å². The van der Waals surface area contributed by atoms with Gasteiger partial charge < -0.3 is 29.6 Å². The number of carbonyl (C=O) groups excluding carboxylic acids is 1. The number of nitrogens with one attached hydrogen (secondary N) is 2. The molecule has 2 aliphatic rings. The molecule has 0 atom stereocenters. The molecule has 2 N–H and O–H groups in total. The van der Waals surface area contributed by atoms with Crippen LogP contribution in [0.3, 0.4) is 0 Å². The molecule has 11 nitrogen and oxygen atoms in total. The van der Waals surface area contributed by atoms with Gasteiger partial charge in [0.25, 0.3) is 5.91 Å². The average Bonchev–Trinajstić information content (AvgIpc) is 3.68. The van der Waals surface area contributed by atoms with Crippen molar-refractivity contribution >= 4 is 39.6 Å². The first-order valence-electron chi connectivity index (χ1n) is 12.9. The fourth-order valence-electron chi connectivity index (χ4n) is 5.48. The number of pyridine rings is 3. The van der Waals surface area contributed by atoms with Crippen molar-refractivity contribution < 1.29 is 13.9 Å². The molecule has 5 aromatic rings. The third kappa shape index (κ3) is 4.06. The van der Waals surface area contributed by atoms with Gasteiger partial charge in [0, 0.05) is 48.9 Å². The summed E-state index contributed by atoms with van der Waals surface area (Å²) in [5, 5.41) is 11.8. The molecule has 1 fully saturated rings. The Balaban J connectivity index is 1.28. The molecule has 11 heteroatoms. The number of rotatable bonds is 6. The molecule has 0 aliphatic carbocycles. The summed E-state index contributed by atoms with van der Waals surface area (Å²) in [5.41, 5.74) is 7.34. The van der Waals surface area contributed by atoms with Gasteiger partial charge in [-0.15, -0.1) is 0 Å². The summed E-state index contributed by atoms with van der Waals surface area (Å²) in [7, 11) is 4.06. The molecule has 0 radical (unpaired) electrons. The maximum atomic E-state index is 13.0. The van der Waals surface area contributed by atoms with Gasteiger partial charge in [-0.05, 0) is 38.4 Å². The molecule has 1 saturated heterocycles. The Hall–Kier alpha value is -4.48. The van der Waals surface area contributed by atoms with Crippen molar-refractivity contribution in [1.82, 2.24) is 29.8 Å². The normalized spacial score (nSPS) is 15.4. The molecule has 0 saturated carbocycles. The van der Waals surface area contributed by atoms with E-state index in [0.717, 1.165) is 57.8 Å². The number of morpholine rings is 1. The van der Waals surface area contributed by atoms with Crippen molar-refractivity contribution in [1.29, 1.82) is 0 Å². The SMILES string of the molecule is CN(C)Cc1nc(Nc2cnc(-c3cnn4ccc5occc5c34)c3c2C(=O)NC3)ccc1N1CCOCC1. The van der Waals surface area contributed by atoms with Crippen LogP contribution in [0, 0.1) is 0 Å². The van der Waals surface area contributed by atoms with E-state index in [2.05, 4.69) is 31.6 Å². The number of ether oxygens (including phenoxy) is 1. The zero-order chi connectivity index (χ0) is 26.5. The van der Waals surface area contributed by atoms with E-state index in [4.69, 9.17) is 19.1 Å². The third-order valence-corrected chi connectivity index (χ3v) is 7.23. The second-order valence-corrected chi connectivity index (χ2v) is 10.0. The van der Waals surface area contributed by atoms with E-state index in [1.165, 1.54) is 0 Å². The molecule has 2 aliphatic heterocycles. The summed E-state index contributed by atoms with van der Waals surface area (Å²) < 4.78 is 12.9. The van der Waals surface area contributed by atoms with Crippen LogP contribution in [-0.2, 0) is 17.8 Å². The Morgan fingerprint density at radius 2 is 2.00 bits per heavy atom. The number of aromatic nitrogens is 4. The van der Waals surface area contributed by atoms with E-state index in [-0.39, 0.29) is 5.91 Å². The van der Waals surface area contributed by atoms with Crippen LogP contribution in [0.25, 0.3) is 27.7 Å². The number of fused-ring (bicyclic) bond motifs is 4. The molecule has 5 aromatic heterocycles. The maximum absolute atomic E-state index is 13.0. The summed E-state index contributed by atoms with van der Waals surface area (Å²) in [6, 6.07) is 7.86. The lowest BCUT2D eigenvalue weighted by atomic mass is 10.0. The quantitative estimate of drug-likeness (QED) is 0.345. The highest BCUT2D eigenvalue weighted by Crippen LogP contribution is 2.37. The number of anilines is 3. The van der Waals surface area contributed by atoms with Crippen LogP contribution >= 0.6 is 0 Å². The van der Waals surface area contributed by atoms with Gasteiger partial charge in [-0.2, -0.15) is 5.10 Å². The van der Waals surface area contributed by atoms with E-state index in [0.29, 0.717) is 43.4 Å². The predicted molar refractivity (Wildman–Crippen MR) is 147 cm³/mol. The summed E-state index contributed by atoms with van der Waals surface area (Å²) in [6.45, 7) is 4.17. The number of carbonyl (C=O) groups is 1. The highest BCUT2D eigenvalue weighted by atomic mass is 16.5. The second-order valence-electron chi connectivity index (χ2n) is 10.0. The van der Waals surface area contributed by atoms with Crippen LogP contribution in [0.2, 0.25) is 0 Å². The minimum Gasteiger partial charge on any atom is -0.464 e. The first-order chi connectivity index (χ1) is 19.1. The number of hydrogen-bond donors (Lipinski definition) is 2. The first-order valence-corrected chi connectivity index (χ1v) is 12.9. The molecule has 1 amide bonds. The smallest absolute Gasteiger partial charge is 0.254 e. The standard InChI is InChI=1S/C28H28N8O3/c1-34(2)16-21-22(35-8-11-38-12-9-35)3-4-24(33-21)32-20-15-29-26(18-13-30-28(37)25(18)20)19-14-31-36-7-5-23-17(27(19)36)6-10-39-23/h3-7,10,14-15H,8-9,11-13,16H2,1-2H3,(H,30,37)(H,32,33). The Bertz CT molecular complexity index is 1720. The van der Waals surface area contributed by atoms with Crippen LogP contribution < -0.4 is 15.5 Å². The highest BCUT2D eigenvalue weighted by molar-refractivity contribution is 6.07. The topological polar surface area (TPSA) is 113 Å². The lowest BCUT2D eigenvalue weighted by Crippen LogP contribution is -2.37. The van der Waals surface area contributed by atoms with Crippen LogP contribution in [0.5, 0.6) is 0 Å². The lowest BCUT2D eigenvalue weighted by Gasteiger charge is -2.31. The Kier molecular flexibility index (Phi) is 5.67. The van der Waals surface area contributed by atoms with Crippen molar-refractivity contribution in [3.8, 4) is 11.3 Å². The van der Waals surface area contributed by atoms with Gasteiger partial charge in [0.2, 0.25) is 0 Å². The van der Waals surface area contributed by atoms with Crippen LogP contribution in [0.1, 0.15) is 21.6 Å². The summed E-state index contributed by atoms with van der Waals surface area (Å²) >= 11 is 0. The highest BCUT2D eigenvalue weighted by Gasteiger charge is 2.29. The van der Waals surface area contributed by atoms with Gasteiger partial charge in [-0.1, -0.05) is 0 Å². The fourth-order valence-corrected chi connectivity index (χ4v) is 5.48. The minimum absolute atomic E-state index is 0.139. The number of furan rings is 1. The third-order valence-electron chi connectivity index (χ3n) is 7.23. The number of amides is 1. The van der Waals surface area contributed by atoms with Gasteiger partial charge in [-0.3, -0.25) is 9.78 Å². The van der Waals surface area contributed by atoms with Crippen molar-refractivity contribution in [2.24, 2.45) is 0 Å². The average molecular weight is 525 g/mol. The molecule has 0 bridgehead atoms. The molecular weight excluding hydrogens is 496 g/mol. The first kappa shape index (κ1) is 23.6. The largest absolute Gasteiger partial charge is 0.464 e. The Labute approximate surface area is 224 Å². The fraction of sp³-hybridized carbons (Fsp3) is 0.286. The second kappa shape index (κ2) is 9.37. The Morgan fingerprint density at radius 3 is 2.85 bits per heavy atom. The van der Waals surface area contributed by atoms with Gasteiger partial charge in [0.1, 0.15) is 11.4 Å². The maximum Gasteiger partial charge on any atom is 0.254 e. The molecule has 0 aromatic carbocycles. The number of hydrogen-bond acceptors (Lipinski definition) is 9. The van der Waals surface area contributed by atoms with Gasteiger partial charge >= 0.3 is 0 Å². The molecule has 7 heterocycles. The number of nitrogens with zero attached hydrogens (tertiary/aromatic N) is 6. The lowest BCUT2D eigenvalue weighted by molar-refractivity contribution is 0.0966. The van der Waals surface area contributed by atoms with Gasteiger partial charge in [0.05, 0.1) is 65.7 Å². The minimum atomic E-state index is -0.139. The molecule has 0 unspecified atom stereocenters. The van der Waals surface area contributed by atoms with Gasteiger partial charge in [0.15, 0.2) is 0 Å². The predicted octanol–water partition coefficient (Wildman–Crippen LogP) is 3.42. The van der Waals surface area contributed by atoms with E-state index < -0.39 is 0 Å². The van der Waals surface area contributed by atoms with Crippen LogP contribution in [0.15, 0.2) is 53.5 Å².